The number of rotatable bonds is 34. The van der Waals surface area contributed by atoms with Gasteiger partial charge in [-0.3, -0.25) is 9.59 Å². The summed E-state index contributed by atoms with van der Waals surface area (Å²) < 4.78 is 10.3. The van der Waals surface area contributed by atoms with Crippen molar-refractivity contribution >= 4 is 11.9 Å². The summed E-state index contributed by atoms with van der Waals surface area (Å²) in [6.45, 7) is 6.39. The first-order chi connectivity index (χ1) is 25.2. The third-order valence-electron chi connectivity index (χ3n) is 10.8. The average molecular weight is 737 g/mol. The highest BCUT2D eigenvalue weighted by molar-refractivity contribution is 5.69. The topological polar surface area (TPSA) is 134 Å². The van der Waals surface area contributed by atoms with Crippen LogP contribution in [0.1, 0.15) is 188 Å². The molecule has 0 amide bonds. The van der Waals surface area contributed by atoms with Gasteiger partial charge in [-0.15, -0.1) is 0 Å². The van der Waals surface area contributed by atoms with E-state index in [0.29, 0.717) is 38.5 Å². The minimum absolute atomic E-state index is 0.117. The van der Waals surface area contributed by atoms with E-state index in [9.17, 15) is 30.0 Å². The van der Waals surface area contributed by atoms with Gasteiger partial charge < -0.3 is 29.9 Å². The van der Waals surface area contributed by atoms with Crippen molar-refractivity contribution in [2.75, 3.05) is 13.2 Å². The van der Waals surface area contributed by atoms with Gasteiger partial charge in [-0.25, -0.2) is 0 Å². The lowest BCUT2D eigenvalue weighted by atomic mass is 9.89. The van der Waals surface area contributed by atoms with Crippen LogP contribution in [0.15, 0.2) is 24.3 Å². The van der Waals surface area contributed by atoms with Gasteiger partial charge in [-0.2, -0.15) is 0 Å². The van der Waals surface area contributed by atoms with Crippen LogP contribution in [0, 0.1) is 17.8 Å². The lowest BCUT2D eigenvalue weighted by molar-refractivity contribution is -0.152. The molecular formula is C44H80O8. The van der Waals surface area contributed by atoms with E-state index in [1.807, 2.05) is 18.2 Å². The fourth-order valence-corrected chi connectivity index (χ4v) is 7.06. The van der Waals surface area contributed by atoms with E-state index in [0.717, 1.165) is 44.4 Å². The summed E-state index contributed by atoms with van der Waals surface area (Å²) in [6, 6.07) is 0. The maximum Gasteiger partial charge on any atom is 0.305 e. The maximum atomic E-state index is 12.1. The van der Waals surface area contributed by atoms with Gasteiger partial charge in [-0.05, 0) is 43.9 Å². The summed E-state index contributed by atoms with van der Waals surface area (Å²) in [6.07, 6.45) is 31.8. The Hall–Kier alpha value is -1.74. The molecule has 1 fully saturated rings. The van der Waals surface area contributed by atoms with E-state index >= 15 is 0 Å². The molecule has 7 atom stereocenters. The molecule has 304 valence electrons. The first kappa shape index (κ1) is 48.3. The minimum atomic E-state index is -1.04. The first-order valence-corrected chi connectivity index (χ1v) is 21.5. The van der Waals surface area contributed by atoms with Crippen LogP contribution in [-0.2, 0) is 19.1 Å². The van der Waals surface area contributed by atoms with Crippen molar-refractivity contribution in [3.05, 3.63) is 24.3 Å². The van der Waals surface area contributed by atoms with Crippen molar-refractivity contribution in [2.24, 2.45) is 17.8 Å². The molecule has 1 unspecified atom stereocenters. The highest BCUT2D eigenvalue weighted by Crippen LogP contribution is 2.36. The van der Waals surface area contributed by atoms with Gasteiger partial charge in [0.15, 0.2) is 0 Å². The fraction of sp³-hybridized carbons (Fsp3) is 0.864. The highest BCUT2D eigenvalue weighted by atomic mass is 16.6. The number of hydrogen-bond acceptors (Lipinski definition) is 8. The standard InChI is InChI=1S/C44H80O8/c1-4-6-21-27-37(45)31-32-40-39(41(47)33-42(40)48)28-23-19-20-25-30-44(50)52-35-38(46)34-51-43(49)29-24-18-16-14-12-10-8-7-9-11-13-15-17-22-26-36(3)5-2/h19,23,31-32,36-42,45-48H,4-18,20-22,24-30,33-35H2,1-3H3/b23-19+,32-31+/t36?,37-,38-,39+,40+,41-,42+/m0/s1. The average Bonchev–Trinajstić information content (AvgIpc) is 3.40. The Balaban J connectivity index is 2.00. The van der Waals surface area contributed by atoms with Crippen LogP contribution >= 0.6 is 0 Å². The van der Waals surface area contributed by atoms with Crippen molar-refractivity contribution in [2.45, 2.75) is 212 Å². The van der Waals surface area contributed by atoms with Crippen LogP contribution in [0.5, 0.6) is 0 Å². The molecule has 0 aromatic rings. The summed E-state index contributed by atoms with van der Waals surface area (Å²) >= 11 is 0. The SMILES string of the molecule is CCCCC[C@H](O)/C=C/[C@@H]1[C@@H](C/C=C/CCCC(=O)OC[C@@H](O)COC(=O)CCCCCCCCCCCCCCCCC(C)CC)[C@@H](O)C[C@H]1O. The molecule has 0 spiro atoms. The predicted molar refractivity (Wildman–Crippen MR) is 212 cm³/mol. The molecule has 1 saturated carbocycles. The first-order valence-electron chi connectivity index (χ1n) is 21.5. The van der Waals surface area contributed by atoms with E-state index in [-0.39, 0.29) is 37.4 Å². The molecule has 4 N–H and O–H groups in total. The molecule has 1 aliphatic carbocycles. The molecule has 0 heterocycles. The van der Waals surface area contributed by atoms with Gasteiger partial charge in [0.05, 0.1) is 18.3 Å². The Bertz CT molecular complexity index is 920. The number of aliphatic hydroxyl groups is 4. The maximum absolute atomic E-state index is 12.1. The van der Waals surface area contributed by atoms with E-state index in [4.69, 9.17) is 9.47 Å². The number of esters is 2. The molecular weight excluding hydrogens is 656 g/mol. The van der Waals surface area contributed by atoms with Crippen LogP contribution in [-0.4, -0.2) is 70.0 Å². The highest BCUT2D eigenvalue weighted by Gasteiger charge is 2.39. The molecule has 0 radical (unpaired) electrons. The van der Waals surface area contributed by atoms with Gasteiger partial charge in [-0.1, -0.05) is 161 Å². The van der Waals surface area contributed by atoms with Crippen LogP contribution in [0.3, 0.4) is 0 Å². The second kappa shape index (κ2) is 32.7. The second-order valence-electron chi connectivity index (χ2n) is 15.7. The second-order valence-corrected chi connectivity index (χ2v) is 15.7. The minimum Gasteiger partial charge on any atom is -0.463 e. The number of allylic oxidation sites excluding steroid dienone is 2. The molecule has 52 heavy (non-hydrogen) atoms. The van der Waals surface area contributed by atoms with Crippen molar-refractivity contribution < 1.29 is 39.5 Å². The zero-order valence-corrected chi connectivity index (χ0v) is 33.6. The lowest BCUT2D eigenvalue weighted by Gasteiger charge is -2.19. The number of aliphatic hydroxyl groups excluding tert-OH is 4. The molecule has 8 nitrogen and oxygen atoms in total. The largest absolute Gasteiger partial charge is 0.463 e. The Morgan fingerprint density at radius 1 is 0.673 bits per heavy atom. The van der Waals surface area contributed by atoms with Gasteiger partial charge in [0, 0.05) is 25.2 Å². The summed E-state index contributed by atoms with van der Waals surface area (Å²) in [5, 5.41) is 41.2. The third-order valence-corrected chi connectivity index (χ3v) is 10.8. The number of unbranched alkanes of at least 4 members (excludes halogenated alkanes) is 16. The van der Waals surface area contributed by atoms with Crippen molar-refractivity contribution in [3.8, 4) is 0 Å². The predicted octanol–water partition coefficient (Wildman–Crippen LogP) is 9.69. The quantitative estimate of drug-likeness (QED) is 0.0292. The molecule has 0 aromatic carbocycles. The molecule has 8 heteroatoms. The van der Waals surface area contributed by atoms with Crippen molar-refractivity contribution in [3.63, 3.8) is 0 Å². The summed E-state index contributed by atoms with van der Waals surface area (Å²) in [5.41, 5.74) is 0. The Kier molecular flexibility index (Phi) is 30.3. The van der Waals surface area contributed by atoms with Crippen molar-refractivity contribution in [1.82, 2.24) is 0 Å². The zero-order valence-electron chi connectivity index (χ0n) is 33.6. The zero-order chi connectivity index (χ0) is 38.2. The third kappa shape index (κ3) is 26.1. The monoisotopic (exact) mass is 737 g/mol. The lowest BCUT2D eigenvalue weighted by Crippen LogP contribution is -2.25. The Labute approximate surface area is 318 Å². The molecule has 0 saturated heterocycles. The van der Waals surface area contributed by atoms with Gasteiger partial charge in [0.1, 0.15) is 19.3 Å². The summed E-state index contributed by atoms with van der Waals surface area (Å²) in [4.78, 5) is 24.1. The number of carbonyl (C=O) groups excluding carboxylic acids is 2. The van der Waals surface area contributed by atoms with Gasteiger partial charge in [0.25, 0.3) is 0 Å². The fourth-order valence-electron chi connectivity index (χ4n) is 7.06. The molecule has 0 aromatic heterocycles. The summed E-state index contributed by atoms with van der Waals surface area (Å²) in [5.74, 6) is -0.160. The van der Waals surface area contributed by atoms with Crippen LogP contribution in [0.25, 0.3) is 0 Å². The van der Waals surface area contributed by atoms with Crippen LogP contribution in [0.4, 0.5) is 0 Å². The van der Waals surface area contributed by atoms with Gasteiger partial charge >= 0.3 is 11.9 Å². The van der Waals surface area contributed by atoms with Gasteiger partial charge in [0.2, 0.25) is 0 Å². The summed E-state index contributed by atoms with van der Waals surface area (Å²) in [7, 11) is 0. The molecule has 1 aliphatic rings. The normalized spacial score (nSPS) is 20.8. The van der Waals surface area contributed by atoms with Crippen LogP contribution < -0.4 is 0 Å². The number of carbonyl (C=O) groups is 2. The molecule has 1 rings (SSSR count). The van der Waals surface area contributed by atoms with E-state index in [1.54, 1.807) is 6.08 Å². The molecule has 0 aliphatic heterocycles. The number of hydrogen-bond donors (Lipinski definition) is 4. The molecule has 0 bridgehead atoms. The van der Waals surface area contributed by atoms with E-state index in [2.05, 4.69) is 20.8 Å². The number of ether oxygens (including phenoxy) is 2. The Morgan fingerprint density at radius 2 is 1.19 bits per heavy atom. The Morgan fingerprint density at radius 3 is 1.75 bits per heavy atom. The van der Waals surface area contributed by atoms with Crippen molar-refractivity contribution in [1.29, 1.82) is 0 Å². The van der Waals surface area contributed by atoms with Crippen LogP contribution in [0.2, 0.25) is 0 Å². The van der Waals surface area contributed by atoms with E-state index < -0.39 is 30.4 Å². The van der Waals surface area contributed by atoms with E-state index in [1.165, 1.54) is 83.5 Å². The smallest absolute Gasteiger partial charge is 0.305 e.